The summed E-state index contributed by atoms with van der Waals surface area (Å²) in [5.74, 6) is -0.587. The molecule has 2 aromatic rings. The van der Waals surface area contributed by atoms with Crippen molar-refractivity contribution in [1.82, 2.24) is 14.6 Å². The Balaban J connectivity index is 2.23. The summed E-state index contributed by atoms with van der Waals surface area (Å²) in [6, 6.07) is 4.62. The normalized spacial score (nSPS) is 16.7. The minimum Gasteiger partial charge on any atom is -0.366 e. The minimum absolute atomic E-state index is 0.200. The van der Waals surface area contributed by atoms with Crippen LogP contribution in [0.3, 0.4) is 0 Å². The molecule has 1 aromatic heterocycles. The van der Waals surface area contributed by atoms with E-state index < -0.39 is 15.9 Å². The number of pyridine rings is 1. The lowest BCUT2D eigenvalue weighted by Gasteiger charge is -2.21. The monoisotopic (exact) mass is 362 g/mol. The number of aryl methyl sites for hydroxylation is 1. The number of hydrogen-bond acceptors (Lipinski definition) is 5. The topological polar surface area (TPSA) is 105 Å². The van der Waals surface area contributed by atoms with E-state index in [4.69, 9.17) is 5.73 Å². The molecule has 0 radical (unpaired) electrons. The number of carbonyl (C=O) groups excluding carboxylic acids is 1. The van der Waals surface area contributed by atoms with Crippen LogP contribution in [-0.2, 0) is 16.4 Å². The first-order valence-electron chi connectivity index (χ1n) is 8.38. The number of nitrogens with two attached hydrogens (primary N) is 1. The standard InChI is InChI=1S/C17H22N4O3S/c1-2-14-16-12(6-8-20-14)15(5-4-13(16)17(18)22)25(23,24)21-10-3-7-19-9-11-21/h4-6,8,19H,2-3,7,9-11H2,1H3,(H2,18,22). The van der Waals surface area contributed by atoms with Gasteiger partial charge in [-0.1, -0.05) is 6.92 Å². The highest BCUT2D eigenvalue weighted by Crippen LogP contribution is 2.30. The number of aromatic nitrogens is 1. The fourth-order valence-corrected chi connectivity index (χ4v) is 4.91. The minimum atomic E-state index is -3.67. The summed E-state index contributed by atoms with van der Waals surface area (Å²) in [7, 11) is -3.67. The van der Waals surface area contributed by atoms with Crippen molar-refractivity contribution >= 4 is 26.7 Å². The Morgan fingerprint density at radius 2 is 2.08 bits per heavy atom. The summed E-state index contributed by atoms with van der Waals surface area (Å²) in [6.45, 7) is 4.23. The van der Waals surface area contributed by atoms with E-state index in [0.717, 1.165) is 13.0 Å². The van der Waals surface area contributed by atoms with Gasteiger partial charge in [-0.25, -0.2) is 8.42 Å². The molecule has 2 heterocycles. The van der Waals surface area contributed by atoms with Crippen LogP contribution in [0.2, 0.25) is 0 Å². The predicted octanol–water partition coefficient (Wildman–Crippen LogP) is 0.880. The van der Waals surface area contributed by atoms with Gasteiger partial charge in [0.05, 0.1) is 4.90 Å². The number of nitrogens with zero attached hydrogens (tertiary/aromatic N) is 2. The second-order valence-electron chi connectivity index (χ2n) is 6.02. The molecule has 3 N–H and O–H groups in total. The van der Waals surface area contributed by atoms with Crippen molar-refractivity contribution in [2.24, 2.45) is 5.73 Å². The molecular formula is C17H22N4O3S. The predicted molar refractivity (Wildman–Crippen MR) is 95.9 cm³/mol. The Morgan fingerprint density at radius 1 is 1.28 bits per heavy atom. The molecule has 25 heavy (non-hydrogen) atoms. The van der Waals surface area contributed by atoms with Crippen LogP contribution >= 0.6 is 0 Å². The number of fused-ring (bicyclic) bond motifs is 1. The van der Waals surface area contributed by atoms with Crippen molar-refractivity contribution in [2.75, 3.05) is 26.2 Å². The number of benzene rings is 1. The zero-order chi connectivity index (χ0) is 18.0. The molecule has 1 amide bonds. The molecule has 1 aromatic carbocycles. The molecule has 1 saturated heterocycles. The van der Waals surface area contributed by atoms with E-state index in [-0.39, 0.29) is 4.90 Å². The van der Waals surface area contributed by atoms with Crippen LogP contribution in [0.1, 0.15) is 29.4 Å². The summed E-state index contributed by atoms with van der Waals surface area (Å²) >= 11 is 0. The molecule has 7 nitrogen and oxygen atoms in total. The van der Waals surface area contributed by atoms with Gasteiger partial charge in [0.1, 0.15) is 0 Å². The molecule has 1 fully saturated rings. The quantitative estimate of drug-likeness (QED) is 0.840. The molecule has 134 valence electrons. The van der Waals surface area contributed by atoms with Gasteiger partial charge < -0.3 is 11.1 Å². The molecule has 0 aliphatic carbocycles. The molecule has 0 unspecified atom stereocenters. The fraction of sp³-hybridized carbons (Fsp3) is 0.412. The maximum Gasteiger partial charge on any atom is 0.249 e. The third-order valence-electron chi connectivity index (χ3n) is 4.48. The lowest BCUT2D eigenvalue weighted by atomic mass is 10.0. The van der Waals surface area contributed by atoms with Crippen molar-refractivity contribution in [3.8, 4) is 0 Å². The first-order valence-corrected chi connectivity index (χ1v) is 9.82. The number of primary amides is 1. The maximum absolute atomic E-state index is 13.2. The zero-order valence-electron chi connectivity index (χ0n) is 14.2. The van der Waals surface area contributed by atoms with Gasteiger partial charge in [-0.3, -0.25) is 9.78 Å². The van der Waals surface area contributed by atoms with Gasteiger partial charge in [-0.05, 0) is 37.6 Å². The average Bonchev–Trinajstić information content (AvgIpc) is 2.89. The highest BCUT2D eigenvalue weighted by Gasteiger charge is 2.28. The number of carbonyl (C=O) groups is 1. The van der Waals surface area contributed by atoms with Gasteiger partial charge in [0.25, 0.3) is 0 Å². The van der Waals surface area contributed by atoms with Gasteiger partial charge >= 0.3 is 0 Å². The number of sulfonamides is 1. The third kappa shape index (κ3) is 3.24. The lowest BCUT2D eigenvalue weighted by Crippen LogP contribution is -2.34. The van der Waals surface area contributed by atoms with E-state index in [2.05, 4.69) is 10.3 Å². The summed E-state index contributed by atoms with van der Waals surface area (Å²) in [4.78, 5) is 16.3. The summed E-state index contributed by atoms with van der Waals surface area (Å²) in [5, 5.41) is 4.24. The second-order valence-corrected chi connectivity index (χ2v) is 7.92. The molecule has 1 aliphatic rings. The molecule has 8 heteroatoms. The van der Waals surface area contributed by atoms with Crippen molar-refractivity contribution in [3.05, 3.63) is 35.7 Å². The number of nitrogens with one attached hydrogen (secondary N) is 1. The molecule has 0 saturated carbocycles. The van der Waals surface area contributed by atoms with Crippen LogP contribution in [0, 0.1) is 0 Å². The molecule has 0 bridgehead atoms. The summed E-state index contributed by atoms with van der Waals surface area (Å²) in [5.41, 5.74) is 6.46. The third-order valence-corrected chi connectivity index (χ3v) is 6.44. The Kier molecular flexibility index (Phi) is 5.03. The van der Waals surface area contributed by atoms with Crippen LogP contribution in [0.15, 0.2) is 29.3 Å². The SMILES string of the molecule is CCc1nccc2c(S(=O)(=O)N3CCCNCC3)ccc(C(N)=O)c12. The first kappa shape index (κ1) is 17.8. The molecule has 3 rings (SSSR count). The highest BCUT2D eigenvalue weighted by molar-refractivity contribution is 7.89. The Bertz CT molecular complexity index is 903. The number of rotatable bonds is 4. The van der Waals surface area contributed by atoms with E-state index in [0.29, 0.717) is 48.1 Å². The zero-order valence-corrected chi connectivity index (χ0v) is 15.0. The largest absolute Gasteiger partial charge is 0.366 e. The van der Waals surface area contributed by atoms with Gasteiger partial charge in [0.15, 0.2) is 0 Å². The van der Waals surface area contributed by atoms with E-state index in [1.54, 1.807) is 12.3 Å². The second kappa shape index (κ2) is 7.07. The maximum atomic E-state index is 13.2. The summed E-state index contributed by atoms with van der Waals surface area (Å²) in [6.07, 6.45) is 2.92. The van der Waals surface area contributed by atoms with Gasteiger partial charge in [-0.15, -0.1) is 0 Å². The van der Waals surface area contributed by atoms with Crippen LogP contribution in [0.5, 0.6) is 0 Å². The lowest BCUT2D eigenvalue weighted by molar-refractivity contribution is 0.100. The number of amides is 1. The van der Waals surface area contributed by atoms with E-state index >= 15 is 0 Å². The van der Waals surface area contributed by atoms with Crippen molar-refractivity contribution in [1.29, 1.82) is 0 Å². The van der Waals surface area contributed by atoms with Crippen LogP contribution < -0.4 is 11.1 Å². The van der Waals surface area contributed by atoms with E-state index in [9.17, 15) is 13.2 Å². The van der Waals surface area contributed by atoms with Crippen LogP contribution in [0.4, 0.5) is 0 Å². The smallest absolute Gasteiger partial charge is 0.249 e. The Morgan fingerprint density at radius 3 is 2.80 bits per heavy atom. The molecular weight excluding hydrogens is 340 g/mol. The number of hydrogen-bond donors (Lipinski definition) is 2. The van der Waals surface area contributed by atoms with Crippen molar-refractivity contribution in [2.45, 2.75) is 24.7 Å². The first-order chi connectivity index (χ1) is 12.0. The van der Waals surface area contributed by atoms with Crippen molar-refractivity contribution in [3.63, 3.8) is 0 Å². The summed E-state index contributed by atoms with van der Waals surface area (Å²) < 4.78 is 27.9. The van der Waals surface area contributed by atoms with E-state index in [1.807, 2.05) is 6.92 Å². The van der Waals surface area contributed by atoms with E-state index in [1.165, 1.54) is 16.4 Å². The highest BCUT2D eigenvalue weighted by atomic mass is 32.2. The molecule has 1 aliphatic heterocycles. The van der Waals surface area contributed by atoms with Gasteiger partial charge in [0.2, 0.25) is 15.9 Å². The van der Waals surface area contributed by atoms with Gasteiger partial charge in [0, 0.05) is 47.9 Å². The molecule has 0 spiro atoms. The average molecular weight is 362 g/mol. The van der Waals surface area contributed by atoms with Crippen LogP contribution in [-0.4, -0.2) is 49.8 Å². The van der Waals surface area contributed by atoms with Crippen molar-refractivity contribution < 1.29 is 13.2 Å². The van der Waals surface area contributed by atoms with Gasteiger partial charge in [-0.2, -0.15) is 4.31 Å². The van der Waals surface area contributed by atoms with Crippen LogP contribution in [0.25, 0.3) is 10.8 Å². The fourth-order valence-electron chi connectivity index (χ4n) is 3.24. The Hall–Kier alpha value is -2.03. The molecule has 0 atom stereocenters. The Labute approximate surface area is 147 Å².